The highest BCUT2D eigenvalue weighted by atomic mass is 32.2. The second-order valence-corrected chi connectivity index (χ2v) is 5.08. The van der Waals surface area contributed by atoms with E-state index in [2.05, 4.69) is 24.2 Å². The fourth-order valence-corrected chi connectivity index (χ4v) is 2.90. The van der Waals surface area contributed by atoms with Gasteiger partial charge in [0, 0.05) is 11.1 Å². The molecule has 0 radical (unpaired) electrons. The van der Waals surface area contributed by atoms with Crippen molar-refractivity contribution in [1.29, 1.82) is 0 Å². The van der Waals surface area contributed by atoms with Crippen molar-refractivity contribution in [3.05, 3.63) is 16.1 Å². The van der Waals surface area contributed by atoms with E-state index in [1.807, 2.05) is 23.1 Å². The summed E-state index contributed by atoms with van der Waals surface area (Å²) in [6, 6.07) is 0. The maximum atomic E-state index is 4.57. The summed E-state index contributed by atoms with van der Waals surface area (Å²) in [7, 11) is 0. The van der Waals surface area contributed by atoms with E-state index in [-0.39, 0.29) is 0 Å². The number of aryl methyl sites for hydroxylation is 1. The third-order valence-electron chi connectivity index (χ3n) is 1.68. The molecule has 0 saturated heterocycles. The van der Waals surface area contributed by atoms with E-state index in [4.69, 9.17) is 0 Å². The lowest BCUT2D eigenvalue weighted by Gasteiger charge is -1.94. The molecule has 0 amide bonds. The second kappa shape index (κ2) is 6.44. The summed E-state index contributed by atoms with van der Waals surface area (Å²) in [5.74, 6) is 2.35. The Morgan fingerprint density at radius 1 is 1.38 bits per heavy atom. The van der Waals surface area contributed by atoms with Gasteiger partial charge in [-0.2, -0.15) is 11.8 Å². The molecule has 0 aliphatic heterocycles. The minimum absolute atomic E-state index is 1.10. The van der Waals surface area contributed by atoms with Crippen molar-refractivity contribution in [3.8, 4) is 0 Å². The molecule has 1 heterocycles. The van der Waals surface area contributed by atoms with Crippen LogP contribution in [-0.4, -0.2) is 10.7 Å². The van der Waals surface area contributed by atoms with Gasteiger partial charge in [0.2, 0.25) is 0 Å². The fourth-order valence-electron chi connectivity index (χ4n) is 1.09. The summed E-state index contributed by atoms with van der Waals surface area (Å²) >= 11 is 3.79. The average Bonchev–Trinajstić information content (AvgIpc) is 2.54. The summed E-state index contributed by atoms with van der Waals surface area (Å²) < 4.78 is 0. The van der Waals surface area contributed by atoms with Gasteiger partial charge in [0.15, 0.2) is 0 Å². The molecule has 1 aromatic heterocycles. The molecule has 0 unspecified atom stereocenters. The fraction of sp³-hybridized carbons (Fsp3) is 0.700. The number of thioether (sulfide) groups is 1. The van der Waals surface area contributed by atoms with Crippen LogP contribution in [0.1, 0.15) is 37.4 Å². The minimum atomic E-state index is 1.10. The third kappa shape index (κ3) is 4.14. The van der Waals surface area contributed by atoms with E-state index in [0.717, 1.165) is 12.2 Å². The van der Waals surface area contributed by atoms with Crippen LogP contribution in [-0.2, 0) is 12.2 Å². The number of nitrogens with zero attached hydrogens (tertiary/aromatic N) is 1. The second-order valence-electron chi connectivity index (χ2n) is 3.04. The van der Waals surface area contributed by atoms with Crippen LogP contribution in [0.5, 0.6) is 0 Å². The highest BCUT2D eigenvalue weighted by molar-refractivity contribution is 7.98. The van der Waals surface area contributed by atoms with Gasteiger partial charge in [-0.15, -0.1) is 11.3 Å². The van der Waals surface area contributed by atoms with Gasteiger partial charge in [0.25, 0.3) is 0 Å². The number of hydrogen-bond acceptors (Lipinski definition) is 3. The lowest BCUT2D eigenvalue weighted by atomic mass is 10.3. The molecule has 0 bridgehead atoms. The Morgan fingerprint density at radius 3 is 2.92 bits per heavy atom. The molecule has 0 aliphatic rings. The van der Waals surface area contributed by atoms with Gasteiger partial charge in [-0.25, -0.2) is 4.98 Å². The van der Waals surface area contributed by atoms with Crippen molar-refractivity contribution < 1.29 is 0 Å². The Bertz CT molecular complexity index is 233. The van der Waals surface area contributed by atoms with Crippen molar-refractivity contribution >= 4 is 23.1 Å². The van der Waals surface area contributed by atoms with Crippen molar-refractivity contribution in [2.24, 2.45) is 0 Å². The Morgan fingerprint density at radius 2 is 2.23 bits per heavy atom. The monoisotopic (exact) mass is 215 g/mol. The van der Waals surface area contributed by atoms with Crippen LogP contribution in [0.25, 0.3) is 0 Å². The molecule has 0 N–H and O–H groups in total. The van der Waals surface area contributed by atoms with Crippen LogP contribution in [0.3, 0.4) is 0 Å². The van der Waals surface area contributed by atoms with E-state index in [9.17, 15) is 0 Å². The third-order valence-corrected chi connectivity index (χ3v) is 3.93. The molecule has 3 heteroatoms. The standard InChI is InChI=1S/C10H17NS2/c1-3-5-9-7-13-10(11-9)8-12-6-4-2/h7H,3-6,8H2,1-2H3. The predicted molar refractivity (Wildman–Crippen MR) is 62.6 cm³/mol. The number of thiazole rings is 1. The van der Waals surface area contributed by atoms with Crippen LogP contribution < -0.4 is 0 Å². The molecule has 1 rings (SSSR count). The smallest absolute Gasteiger partial charge is 0.103 e. The summed E-state index contributed by atoms with van der Waals surface area (Å²) in [4.78, 5) is 4.57. The van der Waals surface area contributed by atoms with E-state index in [1.165, 1.54) is 29.3 Å². The Hall–Kier alpha value is -0.0200. The Labute approximate surface area is 89.0 Å². The Kier molecular flexibility index (Phi) is 5.47. The Balaban J connectivity index is 2.31. The molecule has 1 aromatic rings. The van der Waals surface area contributed by atoms with Crippen molar-refractivity contribution in [2.45, 2.75) is 38.9 Å². The number of aromatic nitrogens is 1. The van der Waals surface area contributed by atoms with Crippen LogP contribution in [0.4, 0.5) is 0 Å². The molecular formula is C10H17NS2. The summed E-state index contributed by atoms with van der Waals surface area (Å²) in [5.41, 5.74) is 1.28. The molecule has 0 aromatic carbocycles. The van der Waals surface area contributed by atoms with Gasteiger partial charge in [0.1, 0.15) is 5.01 Å². The molecule has 1 nitrogen and oxygen atoms in total. The summed E-state index contributed by atoms with van der Waals surface area (Å²) in [6.45, 7) is 4.42. The van der Waals surface area contributed by atoms with E-state index in [1.54, 1.807) is 0 Å². The molecule has 0 spiro atoms. The first-order chi connectivity index (χ1) is 6.36. The SMILES string of the molecule is CCCSCc1nc(CCC)cs1. The summed E-state index contributed by atoms with van der Waals surface area (Å²) in [5, 5.41) is 3.49. The highest BCUT2D eigenvalue weighted by Gasteiger charge is 2.00. The minimum Gasteiger partial charge on any atom is -0.245 e. The molecule has 0 fully saturated rings. The van der Waals surface area contributed by atoms with Crippen molar-refractivity contribution in [1.82, 2.24) is 4.98 Å². The number of rotatable bonds is 6. The van der Waals surface area contributed by atoms with Crippen LogP contribution >= 0.6 is 23.1 Å². The van der Waals surface area contributed by atoms with Gasteiger partial charge >= 0.3 is 0 Å². The molecule has 0 atom stereocenters. The number of hydrogen-bond donors (Lipinski definition) is 0. The van der Waals surface area contributed by atoms with E-state index < -0.39 is 0 Å². The molecule has 0 saturated carbocycles. The van der Waals surface area contributed by atoms with Gasteiger partial charge in [0.05, 0.1) is 5.69 Å². The maximum Gasteiger partial charge on any atom is 0.103 e. The predicted octanol–water partition coefficient (Wildman–Crippen LogP) is 3.74. The lowest BCUT2D eigenvalue weighted by Crippen LogP contribution is -1.85. The van der Waals surface area contributed by atoms with Gasteiger partial charge in [-0.3, -0.25) is 0 Å². The zero-order chi connectivity index (χ0) is 9.52. The first-order valence-electron chi connectivity index (χ1n) is 4.87. The molecular weight excluding hydrogens is 198 g/mol. The maximum absolute atomic E-state index is 4.57. The van der Waals surface area contributed by atoms with Gasteiger partial charge in [-0.05, 0) is 18.6 Å². The van der Waals surface area contributed by atoms with Crippen molar-refractivity contribution in [2.75, 3.05) is 5.75 Å². The zero-order valence-electron chi connectivity index (χ0n) is 8.38. The van der Waals surface area contributed by atoms with E-state index >= 15 is 0 Å². The average molecular weight is 215 g/mol. The van der Waals surface area contributed by atoms with Crippen LogP contribution in [0, 0.1) is 0 Å². The molecule has 0 aliphatic carbocycles. The zero-order valence-corrected chi connectivity index (χ0v) is 10.0. The highest BCUT2D eigenvalue weighted by Crippen LogP contribution is 2.17. The van der Waals surface area contributed by atoms with Gasteiger partial charge in [-0.1, -0.05) is 20.3 Å². The molecule has 74 valence electrons. The van der Waals surface area contributed by atoms with Crippen LogP contribution in [0.2, 0.25) is 0 Å². The first kappa shape index (κ1) is 11.1. The summed E-state index contributed by atoms with van der Waals surface area (Å²) in [6.07, 6.45) is 3.60. The van der Waals surface area contributed by atoms with E-state index in [0.29, 0.717) is 0 Å². The lowest BCUT2D eigenvalue weighted by molar-refractivity contribution is 0.887. The van der Waals surface area contributed by atoms with Gasteiger partial charge < -0.3 is 0 Å². The first-order valence-corrected chi connectivity index (χ1v) is 6.91. The quantitative estimate of drug-likeness (QED) is 0.671. The topological polar surface area (TPSA) is 12.9 Å². The molecule has 13 heavy (non-hydrogen) atoms. The largest absolute Gasteiger partial charge is 0.245 e. The van der Waals surface area contributed by atoms with Crippen LogP contribution in [0.15, 0.2) is 5.38 Å². The van der Waals surface area contributed by atoms with Crippen molar-refractivity contribution in [3.63, 3.8) is 0 Å². The normalized spacial score (nSPS) is 10.6.